The summed E-state index contributed by atoms with van der Waals surface area (Å²) in [5.41, 5.74) is -0.751. The van der Waals surface area contributed by atoms with Gasteiger partial charge in [0.15, 0.2) is 0 Å². The molecule has 0 aromatic rings. The summed E-state index contributed by atoms with van der Waals surface area (Å²) in [6.07, 6.45) is 2.00. The number of carbonyl (C=O) groups excluding carboxylic acids is 1. The van der Waals surface area contributed by atoms with Gasteiger partial charge in [0.25, 0.3) is 0 Å². The van der Waals surface area contributed by atoms with Crippen LogP contribution in [-0.2, 0) is 14.3 Å². The third-order valence-corrected chi connectivity index (χ3v) is 4.62. The lowest BCUT2D eigenvalue weighted by atomic mass is 9.83. The molecule has 3 atom stereocenters. The van der Waals surface area contributed by atoms with Crippen molar-refractivity contribution in [2.24, 2.45) is 11.3 Å². The number of rotatable bonds is 5. The van der Waals surface area contributed by atoms with Crippen molar-refractivity contribution in [3.63, 3.8) is 0 Å². The minimum atomic E-state index is -0.775. The predicted molar refractivity (Wildman–Crippen MR) is 73.3 cm³/mol. The van der Waals surface area contributed by atoms with Crippen molar-refractivity contribution in [2.75, 3.05) is 33.4 Å². The predicted octanol–water partition coefficient (Wildman–Crippen LogP) is 0.324. The van der Waals surface area contributed by atoms with E-state index in [0.29, 0.717) is 39.1 Å². The van der Waals surface area contributed by atoms with Crippen molar-refractivity contribution in [1.82, 2.24) is 10.2 Å². The number of hydrogen-bond donors (Lipinski definition) is 2. The Labute approximate surface area is 119 Å². The summed E-state index contributed by atoms with van der Waals surface area (Å²) < 4.78 is 5.36. The second-order valence-corrected chi connectivity index (χ2v) is 5.88. The van der Waals surface area contributed by atoms with E-state index in [-0.39, 0.29) is 17.9 Å². The van der Waals surface area contributed by atoms with Crippen LogP contribution in [0.2, 0.25) is 0 Å². The molecular weight excluding hydrogens is 260 g/mol. The maximum absolute atomic E-state index is 12.5. The molecule has 0 aliphatic carbocycles. The summed E-state index contributed by atoms with van der Waals surface area (Å²) in [7, 11) is 1.82. The minimum Gasteiger partial charge on any atom is -0.481 e. The summed E-state index contributed by atoms with van der Waals surface area (Å²) in [5.74, 6) is -0.935. The highest BCUT2D eigenvalue weighted by molar-refractivity contribution is 5.83. The zero-order valence-electron chi connectivity index (χ0n) is 12.2. The number of carboxylic acids is 1. The Morgan fingerprint density at radius 3 is 2.80 bits per heavy atom. The van der Waals surface area contributed by atoms with E-state index >= 15 is 0 Å². The number of carbonyl (C=O) groups is 2. The third-order valence-electron chi connectivity index (χ3n) is 4.62. The van der Waals surface area contributed by atoms with Gasteiger partial charge in [-0.05, 0) is 19.9 Å². The van der Waals surface area contributed by atoms with Gasteiger partial charge < -0.3 is 20.1 Å². The first-order valence-corrected chi connectivity index (χ1v) is 7.31. The smallest absolute Gasteiger partial charge is 0.311 e. The fraction of sp³-hybridized carbons (Fsp3) is 0.857. The zero-order chi connectivity index (χ0) is 14.8. The van der Waals surface area contributed by atoms with Crippen LogP contribution in [0.25, 0.3) is 0 Å². The average Bonchev–Trinajstić information content (AvgIpc) is 3.05. The molecule has 2 aliphatic heterocycles. The first-order chi connectivity index (χ1) is 9.54. The molecule has 20 heavy (non-hydrogen) atoms. The van der Waals surface area contributed by atoms with E-state index in [9.17, 15) is 14.7 Å². The summed E-state index contributed by atoms with van der Waals surface area (Å²) >= 11 is 0. The zero-order valence-corrected chi connectivity index (χ0v) is 12.2. The monoisotopic (exact) mass is 284 g/mol. The molecule has 0 aromatic heterocycles. The number of likely N-dealkylation sites (tertiary alicyclic amines) is 1. The molecule has 2 rings (SSSR count). The van der Waals surface area contributed by atoms with Gasteiger partial charge in [-0.1, -0.05) is 13.3 Å². The van der Waals surface area contributed by atoms with Crippen molar-refractivity contribution in [1.29, 1.82) is 0 Å². The molecule has 2 aliphatic rings. The van der Waals surface area contributed by atoms with Crippen LogP contribution in [0.3, 0.4) is 0 Å². The molecule has 2 saturated heterocycles. The Balaban J connectivity index is 2.04. The first kappa shape index (κ1) is 15.3. The minimum absolute atomic E-state index is 0.0288. The Bertz CT molecular complexity index is 387. The molecule has 6 nitrogen and oxygen atoms in total. The van der Waals surface area contributed by atoms with Crippen LogP contribution >= 0.6 is 0 Å². The van der Waals surface area contributed by atoms with Crippen LogP contribution in [0.4, 0.5) is 0 Å². The van der Waals surface area contributed by atoms with Crippen molar-refractivity contribution in [3.05, 3.63) is 0 Å². The first-order valence-electron chi connectivity index (χ1n) is 7.31. The molecule has 114 valence electrons. The lowest BCUT2D eigenvalue weighted by Gasteiger charge is -2.26. The Hall–Kier alpha value is -1.14. The van der Waals surface area contributed by atoms with Gasteiger partial charge in [0.05, 0.1) is 24.5 Å². The van der Waals surface area contributed by atoms with Crippen molar-refractivity contribution < 1.29 is 19.4 Å². The molecule has 0 aromatic carbocycles. The molecule has 0 saturated carbocycles. The second kappa shape index (κ2) is 6.10. The molecule has 2 N–H and O–H groups in total. The van der Waals surface area contributed by atoms with Crippen LogP contribution < -0.4 is 5.32 Å². The van der Waals surface area contributed by atoms with Gasteiger partial charge in [-0.3, -0.25) is 9.59 Å². The SMILES string of the molecule is CCCC1(C(=O)O)CCN(C(=O)C2COCC2NC)C1. The number of nitrogens with zero attached hydrogens (tertiary/aromatic N) is 1. The van der Waals surface area contributed by atoms with E-state index in [1.807, 2.05) is 14.0 Å². The molecule has 3 unspecified atom stereocenters. The number of amides is 1. The van der Waals surface area contributed by atoms with E-state index in [1.54, 1.807) is 4.90 Å². The number of nitrogens with one attached hydrogen (secondary N) is 1. The number of carboxylic acid groups (broad SMARTS) is 1. The third kappa shape index (κ3) is 2.67. The lowest BCUT2D eigenvalue weighted by Crippen LogP contribution is -2.45. The molecule has 6 heteroatoms. The standard InChI is InChI=1S/C14H24N2O4/c1-3-4-14(13(18)19)5-6-16(9-14)12(17)10-7-20-8-11(10)15-2/h10-11,15H,3-9H2,1-2H3,(H,18,19). The summed E-state index contributed by atoms with van der Waals surface area (Å²) in [5, 5.41) is 12.6. The maximum atomic E-state index is 12.5. The van der Waals surface area contributed by atoms with Gasteiger partial charge in [0.1, 0.15) is 0 Å². The summed E-state index contributed by atoms with van der Waals surface area (Å²) in [6, 6.07) is 0.0357. The highest BCUT2D eigenvalue weighted by atomic mass is 16.5. The van der Waals surface area contributed by atoms with Gasteiger partial charge in [0.2, 0.25) is 5.91 Å². The normalized spacial score (nSPS) is 33.6. The molecule has 2 heterocycles. The fourth-order valence-corrected chi connectivity index (χ4v) is 3.34. The van der Waals surface area contributed by atoms with E-state index < -0.39 is 11.4 Å². The number of hydrogen-bond acceptors (Lipinski definition) is 4. The molecule has 0 radical (unpaired) electrons. The number of ether oxygens (including phenoxy) is 1. The molecule has 0 spiro atoms. The molecule has 0 bridgehead atoms. The highest BCUT2D eigenvalue weighted by Gasteiger charge is 2.47. The van der Waals surface area contributed by atoms with Crippen LogP contribution in [0.15, 0.2) is 0 Å². The van der Waals surface area contributed by atoms with Crippen molar-refractivity contribution >= 4 is 11.9 Å². The number of likely N-dealkylation sites (N-methyl/N-ethyl adjacent to an activating group) is 1. The number of aliphatic carboxylic acids is 1. The average molecular weight is 284 g/mol. The van der Waals surface area contributed by atoms with Gasteiger partial charge in [-0.25, -0.2) is 0 Å². The van der Waals surface area contributed by atoms with Gasteiger partial charge in [-0.2, -0.15) is 0 Å². The molecular formula is C14H24N2O4. The quantitative estimate of drug-likeness (QED) is 0.760. The van der Waals surface area contributed by atoms with Gasteiger partial charge in [0, 0.05) is 19.1 Å². The topological polar surface area (TPSA) is 78.9 Å². The van der Waals surface area contributed by atoms with Crippen LogP contribution in [-0.4, -0.2) is 61.3 Å². The van der Waals surface area contributed by atoms with Crippen molar-refractivity contribution in [2.45, 2.75) is 32.2 Å². The Kier molecular flexibility index (Phi) is 4.65. The van der Waals surface area contributed by atoms with Crippen molar-refractivity contribution in [3.8, 4) is 0 Å². The maximum Gasteiger partial charge on any atom is 0.311 e. The summed E-state index contributed by atoms with van der Waals surface area (Å²) in [6.45, 7) is 3.82. The van der Waals surface area contributed by atoms with E-state index in [0.717, 1.165) is 6.42 Å². The Morgan fingerprint density at radius 1 is 1.45 bits per heavy atom. The lowest BCUT2D eigenvalue weighted by molar-refractivity contribution is -0.149. The Morgan fingerprint density at radius 2 is 2.20 bits per heavy atom. The molecule has 1 amide bonds. The van der Waals surface area contributed by atoms with E-state index in [1.165, 1.54) is 0 Å². The van der Waals surface area contributed by atoms with Crippen LogP contribution in [0.1, 0.15) is 26.2 Å². The largest absolute Gasteiger partial charge is 0.481 e. The summed E-state index contributed by atoms with van der Waals surface area (Å²) in [4.78, 5) is 25.8. The van der Waals surface area contributed by atoms with Gasteiger partial charge in [-0.15, -0.1) is 0 Å². The molecule has 2 fully saturated rings. The fourth-order valence-electron chi connectivity index (χ4n) is 3.34. The van der Waals surface area contributed by atoms with E-state index in [4.69, 9.17) is 4.74 Å². The van der Waals surface area contributed by atoms with Crippen LogP contribution in [0.5, 0.6) is 0 Å². The second-order valence-electron chi connectivity index (χ2n) is 5.88. The highest BCUT2D eigenvalue weighted by Crippen LogP contribution is 2.36. The van der Waals surface area contributed by atoms with Crippen LogP contribution in [0, 0.1) is 11.3 Å². The van der Waals surface area contributed by atoms with E-state index in [2.05, 4.69) is 5.32 Å². The van der Waals surface area contributed by atoms with Gasteiger partial charge >= 0.3 is 5.97 Å².